The van der Waals surface area contributed by atoms with E-state index in [-0.39, 0.29) is 6.42 Å². The molecule has 3 N–H and O–H groups in total. The summed E-state index contributed by atoms with van der Waals surface area (Å²) in [5.74, 6) is 1.25. The van der Waals surface area contributed by atoms with Crippen LogP contribution in [0.15, 0.2) is 42.5 Å². The van der Waals surface area contributed by atoms with Crippen molar-refractivity contribution in [3.63, 3.8) is 0 Å². The Hall–Kier alpha value is -3.06. The minimum Gasteiger partial charge on any atom is -0.497 e. The zero-order chi connectivity index (χ0) is 18.7. The third-order valence-corrected chi connectivity index (χ3v) is 4.24. The van der Waals surface area contributed by atoms with Gasteiger partial charge in [0.2, 0.25) is 0 Å². The van der Waals surface area contributed by atoms with Crippen molar-refractivity contribution in [1.29, 1.82) is 0 Å². The van der Waals surface area contributed by atoms with Gasteiger partial charge in [0.05, 0.1) is 18.1 Å². The number of carbonyl (C=O) groups is 1. The van der Waals surface area contributed by atoms with Crippen molar-refractivity contribution in [3.05, 3.63) is 53.9 Å². The minimum absolute atomic E-state index is 0.280. The number of nitrogens with two attached hydrogens (primary N) is 1. The zero-order valence-electron chi connectivity index (χ0n) is 14.7. The fraction of sp³-hybridized carbons (Fsp3) is 0.263. The topological polar surface area (TPSA) is 99.6 Å². The molecule has 3 rings (SSSR count). The predicted molar refractivity (Wildman–Crippen MR) is 97.4 cm³/mol. The first-order chi connectivity index (χ1) is 12.5. The average molecular weight is 355 g/mol. The van der Waals surface area contributed by atoms with Crippen molar-refractivity contribution in [2.24, 2.45) is 12.8 Å². The average Bonchev–Trinajstić information content (AvgIpc) is 2.96. The van der Waals surface area contributed by atoms with Crippen LogP contribution in [0.3, 0.4) is 0 Å². The van der Waals surface area contributed by atoms with E-state index in [1.165, 1.54) is 0 Å². The number of methoxy groups -OCH3 is 1. The molecule has 0 saturated heterocycles. The van der Waals surface area contributed by atoms with Gasteiger partial charge in [-0.1, -0.05) is 12.1 Å². The van der Waals surface area contributed by atoms with Gasteiger partial charge in [0.15, 0.2) is 0 Å². The van der Waals surface area contributed by atoms with Crippen LogP contribution >= 0.6 is 0 Å². The van der Waals surface area contributed by atoms with E-state index in [4.69, 9.17) is 20.3 Å². The lowest BCUT2D eigenvalue weighted by molar-refractivity contribution is -0.138. The first-order valence-corrected chi connectivity index (χ1v) is 8.17. The molecule has 1 unspecified atom stereocenters. The largest absolute Gasteiger partial charge is 0.497 e. The Morgan fingerprint density at radius 1 is 1.23 bits per heavy atom. The number of carboxylic acid groups (broad SMARTS) is 1. The van der Waals surface area contributed by atoms with Gasteiger partial charge in [0.1, 0.15) is 30.0 Å². The van der Waals surface area contributed by atoms with Gasteiger partial charge < -0.3 is 24.9 Å². The number of aryl methyl sites for hydroxylation is 1. The minimum atomic E-state index is -1.01. The summed E-state index contributed by atoms with van der Waals surface area (Å²) in [7, 11) is 3.57. The number of fused-ring (bicyclic) bond motifs is 1. The van der Waals surface area contributed by atoms with Gasteiger partial charge in [-0.05, 0) is 36.2 Å². The van der Waals surface area contributed by atoms with Gasteiger partial charge in [0, 0.05) is 13.1 Å². The van der Waals surface area contributed by atoms with E-state index in [9.17, 15) is 4.79 Å². The lowest BCUT2D eigenvalue weighted by Gasteiger charge is -2.09. The van der Waals surface area contributed by atoms with Gasteiger partial charge in [-0.3, -0.25) is 4.79 Å². The second-order valence-corrected chi connectivity index (χ2v) is 6.02. The van der Waals surface area contributed by atoms with Gasteiger partial charge in [-0.25, -0.2) is 4.98 Å². The molecule has 1 heterocycles. The van der Waals surface area contributed by atoms with Crippen molar-refractivity contribution in [3.8, 4) is 11.5 Å². The summed E-state index contributed by atoms with van der Waals surface area (Å²) >= 11 is 0. The highest BCUT2D eigenvalue weighted by Crippen LogP contribution is 2.22. The fourth-order valence-corrected chi connectivity index (χ4v) is 2.69. The maximum Gasteiger partial charge on any atom is 0.320 e. The second kappa shape index (κ2) is 7.45. The van der Waals surface area contributed by atoms with E-state index in [1.807, 2.05) is 41.9 Å². The summed E-state index contributed by atoms with van der Waals surface area (Å²) in [5, 5.41) is 8.86. The second-order valence-electron chi connectivity index (χ2n) is 6.02. The van der Waals surface area contributed by atoms with Crippen LogP contribution in [0.1, 0.15) is 11.4 Å². The zero-order valence-corrected chi connectivity index (χ0v) is 14.7. The number of carboxylic acids is 1. The molecular formula is C19H21N3O4. The van der Waals surface area contributed by atoms with Crippen LogP contribution in [0.5, 0.6) is 11.5 Å². The molecule has 7 nitrogen and oxygen atoms in total. The van der Waals surface area contributed by atoms with E-state index in [0.29, 0.717) is 12.4 Å². The first kappa shape index (κ1) is 17.8. The number of imidazole rings is 1. The van der Waals surface area contributed by atoms with Crippen LogP contribution in [-0.4, -0.2) is 33.8 Å². The van der Waals surface area contributed by atoms with Crippen LogP contribution in [0.25, 0.3) is 11.0 Å². The summed E-state index contributed by atoms with van der Waals surface area (Å²) in [5.41, 5.74) is 8.25. The Balaban J connectivity index is 1.68. The maximum absolute atomic E-state index is 10.8. The van der Waals surface area contributed by atoms with E-state index in [1.54, 1.807) is 19.2 Å². The normalized spacial score (nSPS) is 12.1. The molecule has 0 aliphatic rings. The van der Waals surface area contributed by atoms with Crippen molar-refractivity contribution in [1.82, 2.24) is 9.55 Å². The number of hydrogen-bond donors (Lipinski definition) is 2. The number of benzene rings is 2. The monoisotopic (exact) mass is 355 g/mol. The summed E-state index contributed by atoms with van der Waals surface area (Å²) in [6.07, 6.45) is 0.280. The molecule has 0 spiro atoms. The molecule has 1 atom stereocenters. The predicted octanol–water partition coefficient (Wildman–Crippen LogP) is 2.12. The van der Waals surface area contributed by atoms with Crippen molar-refractivity contribution < 1.29 is 19.4 Å². The molecule has 0 bridgehead atoms. The highest BCUT2D eigenvalue weighted by atomic mass is 16.5. The molecule has 3 aromatic rings. The highest BCUT2D eigenvalue weighted by molar-refractivity contribution is 5.77. The van der Waals surface area contributed by atoms with Gasteiger partial charge in [0.25, 0.3) is 0 Å². The van der Waals surface area contributed by atoms with Crippen molar-refractivity contribution >= 4 is 17.0 Å². The summed E-state index contributed by atoms with van der Waals surface area (Å²) in [6, 6.07) is 12.1. The lowest BCUT2D eigenvalue weighted by atomic mass is 10.1. The molecule has 0 radical (unpaired) electrons. The Labute approximate surface area is 151 Å². The number of aliphatic carboxylic acids is 1. The molecule has 7 heteroatoms. The summed E-state index contributed by atoms with van der Waals surface area (Å²) in [6.45, 7) is 0.321. The third kappa shape index (κ3) is 3.78. The number of rotatable bonds is 7. The smallest absolute Gasteiger partial charge is 0.320 e. The van der Waals surface area contributed by atoms with Crippen LogP contribution in [-0.2, 0) is 24.9 Å². The van der Waals surface area contributed by atoms with Crippen LogP contribution < -0.4 is 15.2 Å². The highest BCUT2D eigenvalue weighted by Gasteiger charge is 2.12. The molecule has 0 aliphatic heterocycles. The molecule has 0 saturated carbocycles. The quantitative estimate of drug-likeness (QED) is 0.673. The number of ether oxygens (including phenoxy) is 2. The number of hydrogen-bond acceptors (Lipinski definition) is 5. The Bertz CT molecular complexity index is 918. The SMILES string of the molecule is COc1ccc2nc(COc3ccc(CC(N)C(=O)O)cc3)n(C)c2c1. The van der Waals surface area contributed by atoms with E-state index in [2.05, 4.69) is 4.98 Å². The summed E-state index contributed by atoms with van der Waals surface area (Å²) < 4.78 is 13.0. The van der Waals surface area contributed by atoms with Crippen molar-refractivity contribution in [2.75, 3.05) is 7.11 Å². The van der Waals surface area contributed by atoms with Crippen LogP contribution in [0.2, 0.25) is 0 Å². The maximum atomic E-state index is 10.8. The molecular weight excluding hydrogens is 334 g/mol. The molecule has 136 valence electrons. The molecule has 0 fully saturated rings. The molecule has 0 aliphatic carbocycles. The molecule has 2 aromatic carbocycles. The number of nitrogens with zero attached hydrogens (tertiary/aromatic N) is 2. The number of aromatic nitrogens is 2. The van der Waals surface area contributed by atoms with Crippen LogP contribution in [0, 0.1) is 0 Å². The Morgan fingerprint density at radius 2 is 1.92 bits per heavy atom. The van der Waals surface area contributed by atoms with Gasteiger partial charge in [-0.2, -0.15) is 0 Å². The third-order valence-electron chi connectivity index (χ3n) is 4.24. The fourth-order valence-electron chi connectivity index (χ4n) is 2.69. The molecule has 1 aromatic heterocycles. The lowest BCUT2D eigenvalue weighted by Crippen LogP contribution is -2.32. The molecule has 0 amide bonds. The van der Waals surface area contributed by atoms with E-state index in [0.717, 1.165) is 28.2 Å². The van der Waals surface area contributed by atoms with Crippen molar-refractivity contribution in [2.45, 2.75) is 19.1 Å². The summed E-state index contributed by atoms with van der Waals surface area (Å²) in [4.78, 5) is 15.4. The molecule has 26 heavy (non-hydrogen) atoms. The van der Waals surface area contributed by atoms with E-state index >= 15 is 0 Å². The van der Waals surface area contributed by atoms with Gasteiger partial charge >= 0.3 is 5.97 Å². The van der Waals surface area contributed by atoms with Crippen LogP contribution in [0.4, 0.5) is 0 Å². The Kier molecular flexibility index (Phi) is 5.09. The van der Waals surface area contributed by atoms with Gasteiger partial charge in [-0.15, -0.1) is 0 Å². The standard InChI is InChI=1S/C19H21N3O4/c1-22-17-10-14(25-2)7-8-16(17)21-18(22)11-26-13-5-3-12(4-6-13)9-15(20)19(23)24/h3-8,10,15H,9,11,20H2,1-2H3,(H,23,24). The van der Waals surface area contributed by atoms with E-state index < -0.39 is 12.0 Å². The first-order valence-electron chi connectivity index (χ1n) is 8.17. The Morgan fingerprint density at radius 3 is 2.58 bits per heavy atom.